The number of para-hydroxylation sites is 2. The zero-order valence-electron chi connectivity index (χ0n) is 11.4. The lowest BCUT2D eigenvalue weighted by molar-refractivity contribution is 1.03. The third-order valence-electron chi connectivity index (χ3n) is 3.00. The van der Waals surface area contributed by atoms with Gasteiger partial charge in [0.25, 0.3) is 0 Å². The second-order valence-corrected chi connectivity index (χ2v) is 4.34. The summed E-state index contributed by atoms with van der Waals surface area (Å²) in [5.74, 6) is 0.517. The second kappa shape index (κ2) is 6.05. The van der Waals surface area contributed by atoms with E-state index < -0.39 is 0 Å². The SMILES string of the molecule is CCN(C(N)=Nc1ccccc1)c1ccccc1C. The molecule has 0 bridgehead atoms. The van der Waals surface area contributed by atoms with E-state index in [1.54, 1.807) is 0 Å². The number of nitrogens with two attached hydrogens (primary N) is 1. The van der Waals surface area contributed by atoms with Gasteiger partial charge in [-0.15, -0.1) is 0 Å². The molecule has 0 atom stereocenters. The first-order valence-electron chi connectivity index (χ1n) is 6.44. The Morgan fingerprint density at radius 2 is 1.68 bits per heavy atom. The number of hydrogen-bond donors (Lipinski definition) is 1. The van der Waals surface area contributed by atoms with E-state index in [-0.39, 0.29) is 0 Å². The third kappa shape index (κ3) is 3.13. The second-order valence-electron chi connectivity index (χ2n) is 4.34. The largest absolute Gasteiger partial charge is 0.369 e. The van der Waals surface area contributed by atoms with Crippen LogP contribution >= 0.6 is 0 Å². The van der Waals surface area contributed by atoms with Gasteiger partial charge in [0.15, 0.2) is 0 Å². The lowest BCUT2D eigenvalue weighted by Gasteiger charge is -2.23. The summed E-state index contributed by atoms with van der Waals surface area (Å²) in [5.41, 5.74) is 9.29. The van der Waals surface area contributed by atoms with Gasteiger partial charge in [-0.25, -0.2) is 4.99 Å². The van der Waals surface area contributed by atoms with Gasteiger partial charge in [-0.05, 0) is 37.6 Å². The maximum absolute atomic E-state index is 6.14. The molecule has 2 aromatic carbocycles. The molecule has 3 heteroatoms. The number of rotatable bonds is 3. The van der Waals surface area contributed by atoms with Gasteiger partial charge in [0.2, 0.25) is 5.96 Å². The Labute approximate surface area is 114 Å². The van der Waals surface area contributed by atoms with Crippen molar-refractivity contribution in [1.29, 1.82) is 0 Å². The summed E-state index contributed by atoms with van der Waals surface area (Å²) in [5, 5.41) is 0. The minimum atomic E-state index is 0.517. The van der Waals surface area contributed by atoms with Gasteiger partial charge in [-0.3, -0.25) is 0 Å². The highest BCUT2D eigenvalue weighted by Crippen LogP contribution is 2.20. The van der Waals surface area contributed by atoms with Crippen LogP contribution in [-0.2, 0) is 0 Å². The zero-order chi connectivity index (χ0) is 13.7. The molecule has 98 valence electrons. The van der Waals surface area contributed by atoms with Gasteiger partial charge >= 0.3 is 0 Å². The van der Waals surface area contributed by atoms with Crippen LogP contribution in [0.25, 0.3) is 0 Å². The van der Waals surface area contributed by atoms with E-state index >= 15 is 0 Å². The van der Waals surface area contributed by atoms with Crippen LogP contribution in [0, 0.1) is 6.92 Å². The molecule has 2 aromatic rings. The molecule has 3 nitrogen and oxygen atoms in total. The van der Waals surface area contributed by atoms with E-state index in [1.807, 2.05) is 47.4 Å². The van der Waals surface area contributed by atoms with E-state index in [0.29, 0.717) is 5.96 Å². The number of guanidine groups is 1. The normalized spacial score (nSPS) is 11.4. The molecule has 19 heavy (non-hydrogen) atoms. The fourth-order valence-electron chi connectivity index (χ4n) is 2.02. The minimum Gasteiger partial charge on any atom is -0.369 e. The summed E-state index contributed by atoms with van der Waals surface area (Å²) in [6.07, 6.45) is 0. The summed E-state index contributed by atoms with van der Waals surface area (Å²) in [6, 6.07) is 17.9. The Morgan fingerprint density at radius 1 is 1.05 bits per heavy atom. The number of nitrogens with zero attached hydrogens (tertiary/aromatic N) is 2. The molecule has 0 aliphatic carbocycles. The molecular weight excluding hydrogens is 234 g/mol. The number of aryl methyl sites for hydroxylation is 1. The first kappa shape index (κ1) is 13.1. The average Bonchev–Trinajstić information content (AvgIpc) is 2.43. The summed E-state index contributed by atoms with van der Waals surface area (Å²) in [6.45, 7) is 4.93. The Kier molecular flexibility index (Phi) is 4.18. The molecule has 0 aromatic heterocycles. The first-order chi connectivity index (χ1) is 9.22. The molecule has 0 aliphatic rings. The fraction of sp³-hybridized carbons (Fsp3) is 0.188. The van der Waals surface area contributed by atoms with E-state index in [1.165, 1.54) is 5.56 Å². The average molecular weight is 253 g/mol. The highest BCUT2D eigenvalue weighted by molar-refractivity contribution is 5.96. The van der Waals surface area contributed by atoms with Gasteiger partial charge < -0.3 is 10.6 Å². The fourth-order valence-corrected chi connectivity index (χ4v) is 2.02. The van der Waals surface area contributed by atoms with Crippen molar-refractivity contribution in [3.05, 3.63) is 60.2 Å². The van der Waals surface area contributed by atoms with E-state index in [0.717, 1.165) is 17.9 Å². The topological polar surface area (TPSA) is 41.6 Å². The van der Waals surface area contributed by atoms with Crippen molar-refractivity contribution in [2.24, 2.45) is 10.7 Å². The number of hydrogen-bond acceptors (Lipinski definition) is 1. The standard InChI is InChI=1S/C16H19N3/c1-3-19(15-12-8-7-9-13(15)2)16(17)18-14-10-5-4-6-11-14/h4-12H,3H2,1-2H3,(H2,17,18). The van der Waals surface area contributed by atoms with Gasteiger partial charge in [-0.1, -0.05) is 36.4 Å². The Balaban J connectivity index is 2.33. The molecule has 0 unspecified atom stereocenters. The lowest BCUT2D eigenvalue weighted by Crippen LogP contribution is -2.37. The predicted molar refractivity (Wildman–Crippen MR) is 81.9 cm³/mol. The Bertz CT molecular complexity index is 561. The van der Waals surface area contributed by atoms with Crippen molar-refractivity contribution < 1.29 is 0 Å². The van der Waals surface area contributed by atoms with E-state index in [9.17, 15) is 0 Å². The van der Waals surface area contributed by atoms with Crippen LogP contribution < -0.4 is 10.6 Å². The molecule has 2 N–H and O–H groups in total. The van der Waals surface area contributed by atoms with Crippen LogP contribution in [0.2, 0.25) is 0 Å². The summed E-state index contributed by atoms with van der Waals surface area (Å²) < 4.78 is 0. The summed E-state index contributed by atoms with van der Waals surface area (Å²) >= 11 is 0. The van der Waals surface area contributed by atoms with Gasteiger partial charge in [0, 0.05) is 12.2 Å². The third-order valence-corrected chi connectivity index (χ3v) is 3.00. The van der Waals surface area contributed by atoms with Crippen LogP contribution in [0.3, 0.4) is 0 Å². The van der Waals surface area contributed by atoms with Crippen molar-refractivity contribution >= 4 is 17.3 Å². The molecule has 0 amide bonds. The number of anilines is 1. The molecular formula is C16H19N3. The Hall–Kier alpha value is -2.29. The van der Waals surface area contributed by atoms with Crippen LogP contribution in [0.15, 0.2) is 59.6 Å². The Morgan fingerprint density at radius 3 is 2.32 bits per heavy atom. The van der Waals surface area contributed by atoms with Crippen molar-refractivity contribution in [2.75, 3.05) is 11.4 Å². The maximum Gasteiger partial charge on any atom is 0.201 e. The monoisotopic (exact) mass is 253 g/mol. The maximum atomic E-state index is 6.14. The zero-order valence-corrected chi connectivity index (χ0v) is 11.4. The van der Waals surface area contributed by atoms with Gasteiger partial charge in [0.05, 0.1) is 5.69 Å². The molecule has 0 fully saturated rings. The van der Waals surface area contributed by atoms with Crippen molar-refractivity contribution in [3.63, 3.8) is 0 Å². The predicted octanol–water partition coefficient (Wildman–Crippen LogP) is 3.47. The van der Waals surface area contributed by atoms with Crippen LogP contribution in [0.1, 0.15) is 12.5 Å². The highest BCUT2D eigenvalue weighted by atomic mass is 15.3. The summed E-state index contributed by atoms with van der Waals surface area (Å²) in [4.78, 5) is 6.48. The van der Waals surface area contributed by atoms with E-state index in [4.69, 9.17) is 5.73 Å². The molecule has 0 aliphatic heterocycles. The molecule has 0 saturated heterocycles. The summed E-state index contributed by atoms with van der Waals surface area (Å²) in [7, 11) is 0. The van der Waals surface area contributed by atoms with Gasteiger partial charge in [0.1, 0.15) is 0 Å². The van der Waals surface area contributed by atoms with Crippen LogP contribution in [0.4, 0.5) is 11.4 Å². The molecule has 0 heterocycles. The lowest BCUT2D eigenvalue weighted by atomic mass is 10.2. The van der Waals surface area contributed by atoms with Crippen molar-refractivity contribution in [3.8, 4) is 0 Å². The van der Waals surface area contributed by atoms with Crippen molar-refractivity contribution in [1.82, 2.24) is 0 Å². The molecule has 0 radical (unpaired) electrons. The quantitative estimate of drug-likeness (QED) is 0.672. The number of aliphatic imine (C=N–C) groups is 1. The minimum absolute atomic E-state index is 0.517. The smallest absolute Gasteiger partial charge is 0.201 e. The van der Waals surface area contributed by atoms with Crippen LogP contribution in [0.5, 0.6) is 0 Å². The van der Waals surface area contributed by atoms with Crippen LogP contribution in [-0.4, -0.2) is 12.5 Å². The number of benzene rings is 2. The van der Waals surface area contributed by atoms with E-state index in [2.05, 4.69) is 31.0 Å². The molecule has 0 spiro atoms. The molecule has 0 saturated carbocycles. The highest BCUT2D eigenvalue weighted by Gasteiger charge is 2.10. The van der Waals surface area contributed by atoms with Crippen molar-refractivity contribution in [2.45, 2.75) is 13.8 Å². The van der Waals surface area contributed by atoms with Gasteiger partial charge in [-0.2, -0.15) is 0 Å². The first-order valence-corrected chi connectivity index (χ1v) is 6.44. The molecule has 2 rings (SSSR count).